The van der Waals surface area contributed by atoms with Crippen molar-refractivity contribution in [2.24, 2.45) is 0 Å². The first-order valence-corrected chi connectivity index (χ1v) is 6.41. The van der Waals surface area contributed by atoms with E-state index in [1.165, 1.54) is 0 Å². The summed E-state index contributed by atoms with van der Waals surface area (Å²) >= 11 is 0. The first-order valence-electron chi connectivity index (χ1n) is 6.41. The third-order valence-corrected chi connectivity index (χ3v) is 2.25. The number of hydrogen-bond acceptors (Lipinski definition) is 5. The summed E-state index contributed by atoms with van der Waals surface area (Å²) < 4.78 is 9.95. The molecule has 0 heterocycles. The van der Waals surface area contributed by atoms with E-state index in [9.17, 15) is 9.59 Å². The Morgan fingerprint density at radius 2 is 1.90 bits per heavy atom. The summed E-state index contributed by atoms with van der Waals surface area (Å²) in [6, 6.07) is 9.34. The summed E-state index contributed by atoms with van der Waals surface area (Å²) in [5, 5.41) is 11.1. The molecule has 1 atom stereocenters. The Labute approximate surface area is 123 Å². The van der Waals surface area contributed by atoms with Gasteiger partial charge >= 0.3 is 12.1 Å². The molecule has 1 rings (SSSR count). The fourth-order valence-corrected chi connectivity index (χ4v) is 1.39. The van der Waals surface area contributed by atoms with Gasteiger partial charge in [0.25, 0.3) is 0 Å². The largest absolute Gasteiger partial charge is 0.458 e. The molecule has 6 nitrogen and oxygen atoms in total. The van der Waals surface area contributed by atoms with Crippen LogP contribution in [0.15, 0.2) is 30.3 Å². The highest BCUT2D eigenvalue weighted by Crippen LogP contribution is 2.08. The van der Waals surface area contributed by atoms with Crippen LogP contribution >= 0.6 is 0 Å². The topological polar surface area (TPSA) is 88.4 Å². The minimum absolute atomic E-state index is 0.0547. The maximum absolute atomic E-state index is 11.7. The highest BCUT2D eigenvalue weighted by atomic mass is 16.6. The number of carbonyl (C=O) groups excluding carboxylic acids is 2. The summed E-state index contributed by atoms with van der Waals surface area (Å²) in [6.07, 6.45) is -0.851. The van der Waals surface area contributed by atoms with Gasteiger partial charge in [0.2, 0.25) is 6.04 Å². The normalized spacial score (nSPS) is 11.9. The number of nitrogens with one attached hydrogen (secondary N) is 1. The molecule has 112 valence electrons. The molecular weight excluding hydrogens is 272 g/mol. The maximum Gasteiger partial charge on any atom is 0.408 e. The minimum atomic E-state index is -1.40. The molecule has 0 aliphatic rings. The van der Waals surface area contributed by atoms with E-state index in [-0.39, 0.29) is 6.61 Å². The van der Waals surface area contributed by atoms with Crippen molar-refractivity contribution >= 4 is 12.1 Å². The predicted molar refractivity (Wildman–Crippen MR) is 75.0 cm³/mol. The number of amides is 1. The number of hydrogen-bond donors (Lipinski definition) is 1. The average molecular weight is 290 g/mol. The Morgan fingerprint density at radius 1 is 1.29 bits per heavy atom. The number of ether oxygens (including phenoxy) is 2. The van der Waals surface area contributed by atoms with Crippen LogP contribution in [0.4, 0.5) is 4.79 Å². The summed E-state index contributed by atoms with van der Waals surface area (Å²) in [6.45, 7) is 5.08. The number of alkyl carbamates (subject to hydrolysis) is 1. The van der Waals surface area contributed by atoms with E-state index in [2.05, 4.69) is 5.32 Å². The van der Waals surface area contributed by atoms with Crippen LogP contribution in [0.2, 0.25) is 0 Å². The van der Waals surface area contributed by atoms with Crippen molar-refractivity contribution < 1.29 is 19.1 Å². The van der Waals surface area contributed by atoms with E-state index >= 15 is 0 Å². The lowest BCUT2D eigenvalue weighted by atomic mass is 10.2. The van der Waals surface area contributed by atoms with Crippen molar-refractivity contribution in [2.75, 3.05) is 0 Å². The Kier molecular flexibility index (Phi) is 5.73. The molecule has 1 unspecified atom stereocenters. The number of rotatable bonds is 4. The van der Waals surface area contributed by atoms with Crippen LogP contribution in [0.25, 0.3) is 0 Å². The summed E-state index contributed by atoms with van der Waals surface area (Å²) in [5.41, 5.74) is 0.0698. The van der Waals surface area contributed by atoms with E-state index in [1.807, 2.05) is 18.2 Å². The molecule has 0 aromatic heterocycles. The van der Waals surface area contributed by atoms with Gasteiger partial charge in [0.15, 0.2) is 0 Å². The molecule has 0 aliphatic heterocycles. The van der Waals surface area contributed by atoms with Gasteiger partial charge in [-0.05, 0) is 26.3 Å². The number of nitrogens with zero attached hydrogens (tertiary/aromatic N) is 1. The van der Waals surface area contributed by atoms with Gasteiger partial charge in [-0.2, -0.15) is 5.26 Å². The summed E-state index contributed by atoms with van der Waals surface area (Å²) in [7, 11) is 0. The number of carbonyl (C=O) groups is 2. The van der Waals surface area contributed by atoms with Crippen LogP contribution in [0, 0.1) is 11.3 Å². The molecule has 1 aromatic rings. The van der Waals surface area contributed by atoms with Gasteiger partial charge in [-0.1, -0.05) is 30.3 Å². The highest BCUT2D eigenvalue weighted by Gasteiger charge is 2.26. The van der Waals surface area contributed by atoms with Crippen LogP contribution in [0.5, 0.6) is 0 Å². The number of nitriles is 1. The van der Waals surface area contributed by atoms with E-state index in [4.69, 9.17) is 14.7 Å². The summed E-state index contributed by atoms with van der Waals surface area (Å²) in [5.74, 6) is -0.818. The Bertz CT molecular complexity index is 529. The van der Waals surface area contributed by atoms with Crippen molar-refractivity contribution in [1.82, 2.24) is 5.32 Å². The van der Waals surface area contributed by atoms with Gasteiger partial charge in [0.05, 0.1) is 6.07 Å². The van der Waals surface area contributed by atoms with Crippen molar-refractivity contribution in [1.29, 1.82) is 5.26 Å². The second-order valence-electron chi connectivity index (χ2n) is 5.30. The molecule has 1 amide bonds. The molecule has 0 bridgehead atoms. The molecule has 0 spiro atoms. The fraction of sp³-hybridized carbons (Fsp3) is 0.400. The van der Waals surface area contributed by atoms with Crippen molar-refractivity contribution in [2.45, 2.75) is 39.0 Å². The van der Waals surface area contributed by atoms with Gasteiger partial charge in [-0.15, -0.1) is 0 Å². The first-order chi connectivity index (χ1) is 9.81. The fourth-order valence-electron chi connectivity index (χ4n) is 1.39. The quantitative estimate of drug-likeness (QED) is 0.858. The molecule has 6 heteroatoms. The lowest BCUT2D eigenvalue weighted by Crippen LogP contribution is -2.43. The zero-order valence-corrected chi connectivity index (χ0v) is 12.3. The minimum Gasteiger partial charge on any atom is -0.458 e. The molecule has 21 heavy (non-hydrogen) atoms. The average Bonchev–Trinajstić information content (AvgIpc) is 2.41. The monoisotopic (exact) mass is 290 g/mol. The molecule has 0 fully saturated rings. The smallest absolute Gasteiger partial charge is 0.408 e. The molecule has 0 radical (unpaired) electrons. The van der Waals surface area contributed by atoms with Crippen molar-refractivity contribution in [3.8, 4) is 6.07 Å². The second-order valence-corrected chi connectivity index (χ2v) is 5.30. The van der Waals surface area contributed by atoms with Crippen LogP contribution in [0.3, 0.4) is 0 Å². The molecule has 1 aromatic carbocycles. The predicted octanol–water partition coefficient (Wildman–Crippen LogP) is 2.15. The van der Waals surface area contributed by atoms with E-state index < -0.39 is 23.7 Å². The molecular formula is C15H18N2O4. The standard InChI is InChI=1S/C15H18N2O4/c1-15(2,3)21-13(18)12(9-16)17-14(19)20-10-11-7-5-4-6-8-11/h4-8,12H,10H2,1-3H3,(H,17,19). The third-order valence-electron chi connectivity index (χ3n) is 2.25. The van der Waals surface area contributed by atoms with Gasteiger partial charge in [-0.25, -0.2) is 9.59 Å². The number of esters is 1. The third kappa shape index (κ3) is 6.43. The van der Waals surface area contributed by atoms with E-state index in [0.29, 0.717) is 0 Å². The van der Waals surface area contributed by atoms with Gasteiger partial charge < -0.3 is 9.47 Å². The lowest BCUT2D eigenvalue weighted by Gasteiger charge is -2.21. The highest BCUT2D eigenvalue weighted by molar-refractivity contribution is 5.84. The zero-order chi connectivity index (χ0) is 15.9. The van der Waals surface area contributed by atoms with Crippen LogP contribution < -0.4 is 5.32 Å². The lowest BCUT2D eigenvalue weighted by molar-refractivity contribution is -0.155. The Balaban J connectivity index is 2.48. The van der Waals surface area contributed by atoms with Crippen LogP contribution in [-0.2, 0) is 20.9 Å². The Hall–Kier alpha value is -2.55. The van der Waals surface area contributed by atoms with Crippen LogP contribution in [0.1, 0.15) is 26.3 Å². The molecule has 0 aliphatic carbocycles. The van der Waals surface area contributed by atoms with Gasteiger partial charge in [0.1, 0.15) is 12.2 Å². The zero-order valence-electron chi connectivity index (χ0n) is 12.3. The Morgan fingerprint density at radius 3 is 2.43 bits per heavy atom. The van der Waals surface area contributed by atoms with Crippen molar-refractivity contribution in [3.05, 3.63) is 35.9 Å². The van der Waals surface area contributed by atoms with Gasteiger partial charge in [0, 0.05) is 0 Å². The van der Waals surface area contributed by atoms with Crippen molar-refractivity contribution in [3.63, 3.8) is 0 Å². The number of benzene rings is 1. The summed E-state index contributed by atoms with van der Waals surface area (Å²) in [4.78, 5) is 23.2. The van der Waals surface area contributed by atoms with E-state index in [0.717, 1.165) is 5.56 Å². The van der Waals surface area contributed by atoms with Gasteiger partial charge in [-0.3, -0.25) is 5.32 Å². The molecule has 0 saturated carbocycles. The van der Waals surface area contributed by atoms with Crippen LogP contribution in [-0.4, -0.2) is 23.7 Å². The van der Waals surface area contributed by atoms with E-state index in [1.54, 1.807) is 39.0 Å². The first kappa shape index (κ1) is 16.5. The second kappa shape index (κ2) is 7.29. The maximum atomic E-state index is 11.7. The molecule has 1 N–H and O–H groups in total. The SMILES string of the molecule is CC(C)(C)OC(=O)C(C#N)NC(=O)OCc1ccccc1. The molecule has 0 saturated heterocycles.